The fraction of sp³-hybridized carbons (Fsp3) is 0.211. The van der Waals surface area contributed by atoms with Gasteiger partial charge in [-0.25, -0.2) is 17.7 Å². The van der Waals surface area contributed by atoms with Gasteiger partial charge in [-0.15, -0.1) is 0 Å². The van der Waals surface area contributed by atoms with E-state index in [0.29, 0.717) is 10.8 Å². The number of aryl methyl sites for hydroxylation is 1. The van der Waals surface area contributed by atoms with Crippen LogP contribution in [0.4, 0.5) is 5.82 Å². The molecule has 0 saturated carbocycles. The van der Waals surface area contributed by atoms with Crippen LogP contribution in [0.5, 0.6) is 0 Å². The van der Waals surface area contributed by atoms with E-state index in [-0.39, 0.29) is 15.9 Å². The number of benzene rings is 1. The Bertz CT molecular complexity index is 1150. The lowest BCUT2D eigenvalue weighted by molar-refractivity contribution is -0.120. The molecule has 3 aromatic rings. The number of rotatable bonds is 7. The highest BCUT2D eigenvalue weighted by Gasteiger charge is 2.30. The lowest BCUT2D eigenvalue weighted by atomic mass is 10.1. The first-order valence-electron chi connectivity index (χ1n) is 8.79. The fourth-order valence-electron chi connectivity index (χ4n) is 2.68. The van der Waals surface area contributed by atoms with Crippen molar-refractivity contribution in [1.29, 1.82) is 0 Å². The molecule has 30 heavy (non-hydrogen) atoms. The van der Waals surface area contributed by atoms with Crippen molar-refractivity contribution in [2.45, 2.75) is 24.8 Å². The Morgan fingerprint density at radius 3 is 2.60 bits per heavy atom. The number of halogens is 2. The lowest BCUT2D eigenvalue weighted by Gasteiger charge is -2.22. The van der Waals surface area contributed by atoms with Crippen molar-refractivity contribution in [3.05, 3.63) is 70.2 Å². The molecular formula is C19H18Cl2N4O4S. The molecule has 0 fully saturated rings. The molecule has 8 nitrogen and oxygen atoms in total. The third-order valence-corrected chi connectivity index (χ3v) is 6.37. The van der Waals surface area contributed by atoms with Gasteiger partial charge >= 0.3 is 0 Å². The summed E-state index contributed by atoms with van der Waals surface area (Å²) in [6.45, 7) is 2.88. The monoisotopic (exact) mass is 468 g/mol. The Hall–Kier alpha value is -2.62. The second-order valence-corrected chi connectivity index (χ2v) is 9.15. The van der Waals surface area contributed by atoms with E-state index in [2.05, 4.69) is 15.5 Å². The zero-order chi connectivity index (χ0) is 21.9. The fourth-order valence-corrected chi connectivity index (χ4v) is 4.29. The molecule has 0 radical (unpaired) electrons. The second-order valence-electron chi connectivity index (χ2n) is 6.47. The van der Waals surface area contributed by atoms with Gasteiger partial charge in [-0.2, -0.15) is 0 Å². The summed E-state index contributed by atoms with van der Waals surface area (Å²) in [7, 11) is -4.15. The molecule has 0 saturated heterocycles. The Morgan fingerprint density at radius 1 is 1.23 bits per heavy atom. The number of sulfonamides is 1. The minimum Gasteiger partial charge on any atom is -0.360 e. The van der Waals surface area contributed by atoms with Crippen molar-refractivity contribution in [3.8, 4) is 0 Å². The Kier molecular flexibility index (Phi) is 6.64. The Balaban J connectivity index is 1.86. The minimum atomic E-state index is -4.15. The average molecular weight is 469 g/mol. The van der Waals surface area contributed by atoms with Gasteiger partial charge in [-0.05, 0) is 43.7 Å². The summed E-state index contributed by atoms with van der Waals surface area (Å²) in [5, 5.41) is 7.20. The van der Waals surface area contributed by atoms with Gasteiger partial charge < -0.3 is 9.84 Å². The number of hydrogen-bond donors (Lipinski definition) is 1. The topological polar surface area (TPSA) is 105 Å². The summed E-state index contributed by atoms with van der Waals surface area (Å²) in [6.07, 6.45) is 1.12. The van der Waals surface area contributed by atoms with E-state index in [1.54, 1.807) is 32.0 Å². The van der Waals surface area contributed by atoms with Crippen molar-refractivity contribution < 1.29 is 17.7 Å². The zero-order valence-electron chi connectivity index (χ0n) is 16.0. The van der Waals surface area contributed by atoms with Crippen molar-refractivity contribution in [3.63, 3.8) is 0 Å². The predicted octanol–water partition coefficient (Wildman–Crippen LogP) is 3.76. The smallest absolute Gasteiger partial charge is 0.267 e. The van der Waals surface area contributed by atoms with Gasteiger partial charge in [0.05, 0.1) is 6.04 Å². The summed E-state index contributed by atoms with van der Waals surface area (Å²) in [4.78, 5) is 16.4. The Morgan fingerprint density at radius 2 is 2.00 bits per heavy atom. The number of pyridine rings is 1. The number of aromatic nitrogens is 2. The van der Waals surface area contributed by atoms with Crippen molar-refractivity contribution in [1.82, 2.24) is 15.5 Å². The number of nitrogens with one attached hydrogen (secondary N) is 1. The van der Waals surface area contributed by atoms with Gasteiger partial charge in [0.2, 0.25) is 5.91 Å². The van der Waals surface area contributed by atoms with Crippen LogP contribution in [-0.4, -0.2) is 31.0 Å². The van der Waals surface area contributed by atoms with E-state index in [4.69, 9.17) is 27.7 Å². The van der Waals surface area contributed by atoms with E-state index in [1.807, 2.05) is 6.07 Å². The summed E-state index contributed by atoms with van der Waals surface area (Å²) in [5.74, 6) is -0.159. The maximum absolute atomic E-state index is 13.2. The quantitative estimate of drug-likeness (QED) is 0.529. The van der Waals surface area contributed by atoms with Crippen LogP contribution in [0.25, 0.3) is 0 Å². The van der Waals surface area contributed by atoms with E-state index < -0.39 is 28.5 Å². The first-order valence-corrected chi connectivity index (χ1v) is 11.0. The molecule has 0 spiro atoms. The Labute approximate surface area is 183 Å². The molecule has 0 bridgehead atoms. The highest BCUT2D eigenvalue weighted by molar-refractivity contribution is 7.92. The summed E-state index contributed by atoms with van der Waals surface area (Å²) in [5.41, 5.74) is 0.782. The highest BCUT2D eigenvalue weighted by atomic mass is 35.5. The minimum absolute atomic E-state index is 0.0204. The van der Waals surface area contributed by atoms with Gasteiger partial charge in [-0.1, -0.05) is 40.5 Å². The zero-order valence-corrected chi connectivity index (χ0v) is 18.4. The molecule has 2 heterocycles. The number of anilines is 1. The van der Waals surface area contributed by atoms with Crippen LogP contribution in [0.3, 0.4) is 0 Å². The van der Waals surface area contributed by atoms with Crippen LogP contribution >= 0.6 is 23.2 Å². The van der Waals surface area contributed by atoms with E-state index >= 15 is 0 Å². The van der Waals surface area contributed by atoms with E-state index in [9.17, 15) is 13.2 Å². The normalized spacial score (nSPS) is 12.4. The van der Waals surface area contributed by atoms with Gasteiger partial charge in [0, 0.05) is 17.3 Å². The van der Waals surface area contributed by atoms with Gasteiger partial charge in [0.25, 0.3) is 10.0 Å². The molecule has 0 aliphatic rings. The first-order chi connectivity index (χ1) is 14.2. The van der Waals surface area contributed by atoms with Crippen LogP contribution in [-0.2, 0) is 14.8 Å². The molecule has 11 heteroatoms. The van der Waals surface area contributed by atoms with Crippen molar-refractivity contribution in [2.75, 3.05) is 10.8 Å². The van der Waals surface area contributed by atoms with E-state index in [0.717, 1.165) is 16.1 Å². The molecule has 1 atom stereocenters. The number of carbonyl (C=O) groups excluding carboxylic acids is 1. The largest absolute Gasteiger partial charge is 0.360 e. The molecule has 1 unspecified atom stereocenters. The van der Waals surface area contributed by atoms with E-state index in [1.165, 1.54) is 18.2 Å². The SMILES string of the molecule is Cc1cc(N(CC(=O)NC(C)c2cccc(Cl)c2)S(=O)(=O)c2ccc(Cl)nc2)no1. The summed E-state index contributed by atoms with van der Waals surface area (Å²) >= 11 is 11.7. The third kappa shape index (κ3) is 5.10. The van der Waals surface area contributed by atoms with Crippen LogP contribution in [0.15, 0.2) is 58.1 Å². The van der Waals surface area contributed by atoms with Crippen LogP contribution < -0.4 is 9.62 Å². The highest BCUT2D eigenvalue weighted by Crippen LogP contribution is 2.24. The molecule has 1 N–H and O–H groups in total. The predicted molar refractivity (Wildman–Crippen MR) is 113 cm³/mol. The average Bonchev–Trinajstić information content (AvgIpc) is 3.12. The van der Waals surface area contributed by atoms with Crippen molar-refractivity contribution >= 4 is 45.0 Å². The van der Waals surface area contributed by atoms with Crippen molar-refractivity contribution in [2.24, 2.45) is 0 Å². The molecule has 3 rings (SSSR count). The standard InChI is InChI=1S/C19H18Cl2N4O4S/c1-12-8-18(24-29-12)25(30(27,28)16-6-7-17(21)22-10-16)11-19(26)23-13(2)14-4-3-5-15(20)9-14/h3-10,13H,11H2,1-2H3,(H,23,26). The maximum atomic E-state index is 13.2. The molecule has 158 valence electrons. The molecule has 1 amide bonds. The second kappa shape index (κ2) is 9.03. The summed E-state index contributed by atoms with van der Waals surface area (Å²) < 4.78 is 32.2. The van der Waals surface area contributed by atoms with Gasteiger partial charge in [0.15, 0.2) is 5.82 Å². The number of carbonyl (C=O) groups is 1. The molecule has 0 aliphatic carbocycles. The molecule has 0 aliphatic heterocycles. The number of amides is 1. The maximum Gasteiger partial charge on any atom is 0.267 e. The third-order valence-electron chi connectivity index (χ3n) is 4.17. The number of hydrogen-bond acceptors (Lipinski definition) is 6. The van der Waals surface area contributed by atoms with Crippen LogP contribution in [0.2, 0.25) is 10.2 Å². The molecule has 1 aromatic carbocycles. The molecular weight excluding hydrogens is 451 g/mol. The number of nitrogens with zero attached hydrogens (tertiary/aromatic N) is 3. The van der Waals surface area contributed by atoms with Gasteiger partial charge in [0.1, 0.15) is 22.4 Å². The van der Waals surface area contributed by atoms with Crippen LogP contribution in [0.1, 0.15) is 24.3 Å². The molecule has 2 aromatic heterocycles. The van der Waals surface area contributed by atoms with Gasteiger partial charge in [-0.3, -0.25) is 4.79 Å². The first kappa shape index (κ1) is 22.1. The lowest BCUT2D eigenvalue weighted by Crippen LogP contribution is -2.41. The summed E-state index contributed by atoms with van der Waals surface area (Å²) in [6, 6.07) is 10.7. The van der Waals surface area contributed by atoms with Crippen LogP contribution in [0, 0.1) is 6.92 Å².